The predicted octanol–water partition coefficient (Wildman–Crippen LogP) is 5.51. The van der Waals surface area contributed by atoms with Crippen LogP contribution >= 0.6 is 0 Å². The lowest BCUT2D eigenvalue weighted by Crippen LogP contribution is -2.33. The molecule has 2 fully saturated rings. The molecular weight excluding hydrogens is 462 g/mol. The van der Waals surface area contributed by atoms with Crippen molar-refractivity contribution in [1.82, 2.24) is 0 Å². The summed E-state index contributed by atoms with van der Waals surface area (Å²) >= 11 is 0. The first kappa shape index (κ1) is 23.2. The first-order valence-electron chi connectivity index (χ1n) is 12.5. The molecule has 1 saturated heterocycles. The molecule has 0 spiro atoms. The molecule has 3 aromatic rings. The Morgan fingerprint density at radius 1 is 0.730 bits per heavy atom. The summed E-state index contributed by atoms with van der Waals surface area (Å²) in [6.45, 7) is 4.13. The van der Waals surface area contributed by atoms with Gasteiger partial charge in [0, 0.05) is 11.8 Å². The molecule has 0 aromatic heterocycles. The highest BCUT2D eigenvalue weighted by Gasteiger charge is 2.62. The number of allylic oxidation sites excluding steroid dienone is 3. The van der Waals surface area contributed by atoms with Crippen LogP contribution in [0.5, 0.6) is 0 Å². The highest BCUT2D eigenvalue weighted by atomic mass is 16.5. The molecule has 2 aliphatic carbocycles. The van der Waals surface area contributed by atoms with Crippen LogP contribution in [0.3, 0.4) is 0 Å². The SMILES string of the molecule is COC(=O)c1cccc(N2C(=O)[C@H]3[C@H](C2=O)[C@@H]2C=C[C@@H]3C2=C(c2ccc(C)cc2)c2ccc(C)cc2)c1. The highest BCUT2D eigenvalue weighted by molar-refractivity contribution is 6.23. The van der Waals surface area contributed by atoms with Crippen molar-refractivity contribution in [2.45, 2.75) is 13.8 Å². The Bertz CT molecular complexity index is 1410. The quantitative estimate of drug-likeness (QED) is 0.275. The molecule has 0 N–H and O–H groups in total. The molecule has 2 amide bonds. The maximum absolute atomic E-state index is 13.8. The van der Waals surface area contributed by atoms with Gasteiger partial charge in [-0.15, -0.1) is 0 Å². The second-order valence-electron chi connectivity index (χ2n) is 10.1. The number of carbonyl (C=O) groups is 3. The number of ether oxygens (including phenoxy) is 1. The molecule has 2 bridgehead atoms. The molecule has 5 nitrogen and oxygen atoms in total. The lowest BCUT2D eigenvalue weighted by atomic mass is 9.85. The number of hydrogen-bond acceptors (Lipinski definition) is 4. The maximum atomic E-state index is 13.8. The zero-order valence-electron chi connectivity index (χ0n) is 21.0. The molecule has 1 heterocycles. The number of fused-ring (bicyclic) bond motifs is 5. The molecule has 0 radical (unpaired) electrons. The van der Waals surface area contributed by atoms with Crippen molar-refractivity contribution in [2.24, 2.45) is 23.7 Å². The number of aryl methyl sites for hydroxylation is 2. The van der Waals surface area contributed by atoms with E-state index in [4.69, 9.17) is 4.74 Å². The average molecular weight is 490 g/mol. The van der Waals surface area contributed by atoms with Crippen molar-refractivity contribution in [1.29, 1.82) is 0 Å². The van der Waals surface area contributed by atoms with E-state index in [1.54, 1.807) is 24.3 Å². The third kappa shape index (κ3) is 3.57. The van der Waals surface area contributed by atoms with E-state index in [1.165, 1.54) is 23.1 Å². The van der Waals surface area contributed by atoms with Crippen molar-refractivity contribution in [3.05, 3.63) is 118 Å². The van der Waals surface area contributed by atoms with E-state index in [-0.39, 0.29) is 23.7 Å². The summed E-state index contributed by atoms with van der Waals surface area (Å²) in [4.78, 5) is 40.9. The molecule has 3 aromatic carbocycles. The van der Waals surface area contributed by atoms with Crippen LogP contribution in [0.15, 0.2) is 90.5 Å². The molecule has 37 heavy (non-hydrogen) atoms. The van der Waals surface area contributed by atoms with Crippen LogP contribution in [0.1, 0.15) is 32.6 Å². The van der Waals surface area contributed by atoms with Gasteiger partial charge in [0.1, 0.15) is 0 Å². The zero-order valence-corrected chi connectivity index (χ0v) is 21.0. The molecule has 1 saturated carbocycles. The third-order valence-corrected chi connectivity index (χ3v) is 7.91. The molecule has 6 rings (SSSR count). The Kier molecular flexibility index (Phi) is 5.45. The van der Waals surface area contributed by atoms with Gasteiger partial charge in [-0.2, -0.15) is 0 Å². The normalized spacial score (nSPS) is 23.5. The standard InChI is InChI=1S/C32H27NO4/c1-18-7-11-20(12-8-18)26(21-13-9-19(2)10-14-21)27-24-15-16-25(27)29-28(24)30(34)33(31(29)35)23-6-4-5-22(17-23)32(36)37-3/h4-17,24-25,28-29H,1-3H3/t24-,25-,28-,29-/m1/s1. The Morgan fingerprint density at radius 2 is 1.24 bits per heavy atom. The van der Waals surface area contributed by atoms with E-state index in [0.29, 0.717) is 11.3 Å². The Hall–Kier alpha value is -4.25. The fraction of sp³-hybridized carbons (Fsp3) is 0.219. The lowest BCUT2D eigenvalue weighted by molar-refractivity contribution is -0.122. The predicted molar refractivity (Wildman–Crippen MR) is 142 cm³/mol. The largest absolute Gasteiger partial charge is 0.465 e. The van der Waals surface area contributed by atoms with Gasteiger partial charge in [-0.1, -0.05) is 77.9 Å². The number of benzene rings is 3. The van der Waals surface area contributed by atoms with E-state index in [9.17, 15) is 14.4 Å². The second kappa shape index (κ2) is 8.70. The number of anilines is 1. The Balaban J connectivity index is 1.45. The van der Waals surface area contributed by atoms with Crippen LogP contribution in [-0.2, 0) is 14.3 Å². The van der Waals surface area contributed by atoms with Crippen molar-refractivity contribution in [3.63, 3.8) is 0 Å². The van der Waals surface area contributed by atoms with Gasteiger partial charge in [-0.05, 0) is 54.3 Å². The van der Waals surface area contributed by atoms with Crippen LogP contribution in [-0.4, -0.2) is 24.9 Å². The number of carbonyl (C=O) groups excluding carboxylic acids is 3. The third-order valence-electron chi connectivity index (χ3n) is 7.91. The summed E-state index contributed by atoms with van der Waals surface area (Å²) in [6, 6.07) is 23.4. The number of amides is 2. The van der Waals surface area contributed by atoms with Gasteiger partial charge in [0.2, 0.25) is 11.8 Å². The highest BCUT2D eigenvalue weighted by Crippen LogP contribution is 2.58. The van der Waals surface area contributed by atoms with Crippen LogP contribution in [0.25, 0.3) is 5.57 Å². The number of imide groups is 1. The fourth-order valence-electron chi connectivity index (χ4n) is 6.18. The summed E-state index contributed by atoms with van der Waals surface area (Å²) in [5.74, 6) is -2.14. The minimum absolute atomic E-state index is 0.155. The summed E-state index contributed by atoms with van der Waals surface area (Å²) in [6.07, 6.45) is 4.20. The maximum Gasteiger partial charge on any atom is 0.337 e. The van der Waals surface area contributed by atoms with Crippen molar-refractivity contribution in [3.8, 4) is 0 Å². The zero-order chi connectivity index (χ0) is 25.8. The Morgan fingerprint density at radius 3 is 1.73 bits per heavy atom. The van der Waals surface area contributed by atoms with Gasteiger partial charge in [0.05, 0.1) is 30.2 Å². The first-order valence-corrected chi connectivity index (χ1v) is 12.5. The molecule has 1 aliphatic heterocycles. The number of methoxy groups -OCH3 is 1. The monoisotopic (exact) mass is 489 g/mol. The van der Waals surface area contributed by atoms with Gasteiger partial charge in [-0.25, -0.2) is 9.69 Å². The number of nitrogens with zero attached hydrogens (tertiary/aromatic N) is 1. The number of esters is 1. The minimum Gasteiger partial charge on any atom is -0.465 e. The van der Waals surface area contributed by atoms with Crippen molar-refractivity contribution in [2.75, 3.05) is 12.0 Å². The molecular formula is C32H27NO4. The number of hydrogen-bond donors (Lipinski definition) is 0. The minimum atomic E-state index is -0.506. The van der Waals surface area contributed by atoms with Crippen molar-refractivity contribution >= 4 is 29.0 Å². The van der Waals surface area contributed by atoms with Crippen LogP contribution < -0.4 is 4.90 Å². The van der Waals surface area contributed by atoms with Gasteiger partial charge >= 0.3 is 5.97 Å². The summed E-state index contributed by atoms with van der Waals surface area (Å²) in [7, 11) is 1.31. The van der Waals surface area contributed by atoms with Crippen LogP contribution in [0.2, 0.25) is 0 Å². The summed E-state index contributed by atoms with van der Waals surface area (Å²) < 4.78 is 4.82. The van der Waals surface area contributed by atoms with E-state index in [2.05, 4.69) is 74.5 Å². The fourth-order valence-corrected chi connectivity index (χ4v) is 6.18. The Labute approximate surface area is 216 Å². The molecule has 184 valence electrons. The van der Waals surface area contributed by atoms with Gasteiger partial charge in [-0.3, -0.25) is 9.59 Å². The average Bonchev–Trinajstić information content (AvgIpc) is 3.55. The topological polar surface area (TPSA) is 63.7 Å². The van der Waals surface area contributed by atoms with Crippen LogP contribution in [0, 0.1) is 37.5 Å². The summed E-state index contributed by atoms with van der Waals surface area (Å²) in [5, 5.41) is 0. The first-order chi connectivity index (χ1) is 17.9. The van der Waals surface area contributed by atoms with Gasteiger partial charge in [0.15, 0.2) is 0 Å². The van der Waals surface area contributed by atoms with Crippen LogP contribution in [0.4, 0.5) is 5.69 Å². The summed E-state index contributed by atoms with van der Waals surface area (Å²) in [5.41, 5.74) is 7.50. The van der Waals surface area contributed by atoms with Gasteiger partial charge in [0.25, 0.3) is 0 Å². The lowest BCUT2D eigenvalue weighted by Gasteiger charge is -2.22. The van der Waals surface area contributed by atoms with Gasteiger partial charge < -0.3 is 4.74 Å². The van der Waals surface area contributed by atoms with E-state index in [0.717, 1.165) is 22.3 Å². The molecule has 0 unspecified atom stereocenters. The van der Waals surface area contributed by atoms with E-state index >= 15 is 0 Å². The molecule has 5 heteroatoms. The molecule has 3 aliphatic rings. The van der Waals surface area contributed by atoms with E-state index < -0.39 is 17.8 Å². The number of rotatable bonds is 4. The smallest absolute Gasteiger partial charge is 0.337 e. The second-order valence-corrected chi connectivity index (χ2v) is 10.1. The van der Waals surface area contributed by atoms with E-state index in [1.807, 2.05) is 0 Å². The van der Waals surface area contributed by atoms with Crippen molar-refractivity contribution < 1.29 is 19.1 Å². The molecule has 4 atom stereocenters.